The number of hydrogen-bond donors (Lipinski definition) is 2. The van der Waals surface area contributed by atoms with Crippen LogP contribution >= 0.6 is 0 Å². The molecule has 0 aliphatic rings. The number of nitrogens with zero attached hydrogens (tertiary/aromatic N) is 1. The van der Waals surface area contributed by atoms with E-state index in [2.05, 4.69) is 0 Å². The van der Waals surface area contributed by atoms with Gasteiger partial charge >= 0.3 is 17.9 Å². The van der Waals surface area contributed by atoms with E-state index in [-0.39, 0.29) is 13.0 Å². The lowest BCUT2D eigenvalue weighted by Gasteiger charge is -2.31. The largest absolute Gasteiger partial charge is 0.478 e. The smallest absolute Gasteiger partial charge is 0.349 e. The number of likely N-dealkylation sites (N-methyl/N-ethyl adjacent to an activating group) is 1. The van der Waals surface area contributed by atoms with Crippen molar-refractivity contribution in [3.63, 3.8) is 0 Å². The molecule has 0 rings (SSSR count). The van der Waals surface area contributed by atoms with Crippen LogP contribution in [0, 0.1) is 0 Å². The minimum absolute atomic E-state index is 0.102. The van der Waals surface area contributed by atoms with Crippen LogP contribution in [0.2, 0.25) is 0 Å². The molecule has 3 N–H and O–H groups in total. The fourth-order valence-corrected chi connectivity index (χ4v) is 1.46. The Hall–Kier alpha value is -1.67. The van der Waals surface area contributed by atoms with E-state index in [0.29, 0.717) is 4.48 Å². The van der Waals surface area contributed by atoms with E-state index in [0.717, 1.165) is 0 Å². The van der Waals surface area contributed by atoms with Gasteiger partial charge in [0.15, 0.2) is 6.10 Å². The molecule has 116 valence electrons. The predicted molar refractivity (Wildman–Crippen MR) is 69.6 cm³/mol. The summed E-state index contributed by atoms with van der Waals surface area (Å²) in [6.07, 6.45) is -2.54. The first-order chi connectivity index (χ1) is 9.10. The van der Waals surface area contributed by atoms with Gasteiger partial charge in [-0.3, -0.25) is 9.59 Å². The van der Waals surface area contributed by atoms with Crippen molar-refractivity contribution in [1.29, 1.82) is 0 Å². The number of carboxylic acids is 1. The number of carbonyl (C=O) groups is 3. The minimum atomic E-state index is -1.57. The van der Waals surface area contributed by atoms with E-state index in [1.807, 2.05) is 0 Å². The highest BCUT2D eigenvalue weighted by molar-refractivity contribution is 5.80. The van der Waals surface area contributed by atoms with E-state index in [1.165, 1.54) is 0 Å². The Morgan fingerprint density at radius 1 is 1.15 bits per heavy atom. The molecule has 0 aromatic heterocycles. The summed E-state index contributed by atoms with van der Waals surface area (Å²) in [7, 11) is 5.41. The normalized spacial score (nSPS) is 14.2. The minimum Gasteiger partial charge on any atom is -0.478 e. The first kappa shape index (κ1) is 18.3. The van der Waals surface area contributed by atoms with Crippen molar-refractivity contribution in [3.8, 4) is 0 Å². The van der Waals surface area contributed by atoms with Crippen LogP contribution in [0.25, 0.3) is 0 Å². The lowest BCUT2D eigenvalue weighted by Crippen LogP contribution is -2.51. The molecule has 0 aliphatic carbocycles. The van der Waals surface area contributed by atoms with E-state index in [4.69, 9.17) is 20.3 Å². The van der Waals surface area contributed by atoms with Crippen LogP contribution in [0.3, 0.4) is 0 Å². The third-order valence-corrected chi connectivity index (χ3v) is 2.31. The van der Waals surface area contributed by atoms with Crippen molar-refractivity contribution < 1.29 is 33.4 Å². The summed E-state index contributed by atoms with van der Waals surface area (Å²) in [5, 5.41) is 9.15. The summed E-state index contributed by atoms with van der Waals surface area (Å²) in [6, 6.07) is 0. The molecule has 0 heterocycles. The van der Waals surface area contributed by atoms with Gasteiger partial charge in [0.25, 0.3) is 0 Å². The highest BCUT2D eigenvalue weighted by Crippen LogP contribution is 2.11. The number of rotatable bonds is 8. The SMILES string of the molecule is CCC(=O)OC(C[N+](C)(C)C)C(OC(=O)CN)C(=O)O. The van der Waals surface area contributed by atoms with Gasteiger partial charge in [-0.15, -0.1) is 0 Å². The fourth-order valence-electron chi connectivity index (χ4n) is 1.46. The lowest BCUT2D eigenvalue weighted by molar-refractivity contribution is -0.873. The second-order valence-corrected chi connectivity index (χ2v) is 5.31. The highest BCUT2D eigenvalue weighted by Gasteiger charge is 2.38. The molecular weight excluding hydrogens is 268 g/mol. The quantitative estimate of drug-likeness (QED) is 0.434. The molecule has 0 saturated carbocycles. The Balaban J connectivity index is 5.13. The molecule has 0 aromatic carbocycles. The van der Waals surface area contributed by atoms with Crippen molar-refractivity contribution in [1.82, 2.24) is 0 Å². The number of quaternary nitrogens is 1. The van der Waals surface area contributed by atoms with Gasteiger partial charge in [-0.25, -0.2) is 4.79 Å². The molecule has 8 heteroatoms. The van der Waals surface area contributed by atoms with Gasteiger partial charge < -0.3 is 24.8 Å². The van der Waals surface area contributed by atoms with Crippen LogP contribution < -0.4 is 5.73 Å². The molecule has 0 saturated heterocycles. The van der Waals surface area contributed by atoms with Gasteiger partial charge in [0.2, 0.25) is 6.10 Å². The predicted octanol–water partition coefficient (Wildman–Crippen LogP) is -1.03. The molecule has 0 aliphatic heterocycles. The van der Waals surface area contributed by atoms with Gasteiger partial charge in [-0.1, -0.05) is 6.92 Å². The third kappa shape index (κ3) is 7.05. The molecule has 0 amide bonds. The zero-order valence-corrected chi connectivity index (χ0v) is 12.3. The van der Waals surface area contributed by atoms with Crippen molar-refractivity contribution in [3.05, 3.63) is 0 Å². The van der Waals surface area contributed by atoms with E-state index < -0.39 is 36.7 Å². The van der Waals surface area contributed by atoms with Crippen molar-refractivity contribution in [2.24, 2.45) is 5.73 Å². The molecule has 2 unspecified atom stereocenters. The third-order valence-electron chi connectivity index (χ3n) is 2.31. The molecule has 20 heavy (non-hydrogen) atoms. The second kappa shape index (κ2) is 7.81. The molecular formula is C12H23N2O6+. The van der Waals surface area contributed by atoms with Gasteiger partial charge in [0, 0.05) is 6.42 Å². The van der Waals surface area contributed by atoms with E-state index in [1.54, 1.807) is 28.1 Å². The molecule has 0 radical (unpaired) electrons. The number of ether oxygens (including phenoxy) is 2. The Kier molecular flexibility index (Phi) is 7.16. The maximum Gasteiger partial charge on any atom is 0.349 e. The maximum absolute atomic E-state index is 11.4. The summed E-state index contributed by atoms with van der Waals surface area (Å²) in [5.74, 6) is -2.80. The topological polar surface area (TPSA) is 116 Å². The lowest BCUT2D eigenvalue weighted by atomic mass is 10.1. The van der Waals surface area contributed by atoms with Gasteiger partial charge in [0.05, 0.1) is 27.7 Å². The monoisotopic (exact) mass is 291 g/mol. The Morgan fingerprint density at radius 2 is 1.70 bits per heavy atom. The number of nitrogens with two attached hydrogens (primary N) is 1. The van der Waals surface area contributed by atoms with Crippen LogP contribution in [0.1, 0.15) is 13.3 Å². The van der Waals surface area contributed by atoms with Gasteiger partial charge in [0.1, 0.15) is 6.54 Å². The second-order valence-electron chi connectivity index (χ2n) is 5.31. The number of aliphatic carboxylic acids is 1. The van der Waals surface area contributed by atoms with Gasteiger partial charge in [-0.2, -0.15) is 0 Å². The Morgan fingerprint density at radius 3 is 2.05 bits per heavy atom. The summed E-state index contributed by atoms with van der Waals surface area (Å²) < 4.78 is 10.2. The fraction of sp³-hybridized carbons (Fsp3) is 0.750. The number of carboxylic acid groups (broad SMARTS) is 1. The molecule has 0 aromatic rings. The zero-order valence-electron chi connectivity index (χ0n) is 12.3. The molecule has 8 nitrogen and oxygen atoms in total. The van der Waals surface area contributed by atoms with E-state index >= 15 is 0 Å². The number of hydrogen-bond acceptors (Lipinski definition) is 6. The van der Waals surface area contributed by atoms with Crippen LogP contribution in [0.5, 0.6) is 0 Å². The summed E-state index contributed by atoms with van der Waals surface area (Å²) in [6.45, 7) is 1.33. The molecule has 0 fully saturated rings. The van der Waals surface area contributed by atoms with Crippen molar-refractivity contribution >= 4 is 17.9 Å². The van der Waals surface area contributed by atoms with Crippen molar-refractivity contribution in [2.75, 3.05) is 34.2 Å². The standard InChI is InChI=1S/C12H22N2O6/c1-5-9(15)19-8(7-14(2,3)4)11(12(17)18)20-10(16)6-13/h8,11H,5-7,13H2,1-4H3/p+1. The molecule has 2 atom stereocenters. The summed E-state index contributed by atoms with van der Waals surface area (Å²) in [5.41, 5.74) is 5.10. The van der Waals surface area contributed by atoms with Crippen LogP contribution in [0.4, 0.5) is 0 Å². The van der Waals surface area contributed by atoms with Gasteiger partial charge in [-0.05, 0) is 0 Å². The average Bonchev–Trinajstić information content (AvgIpc) is 2.32. The molecule has 0 bridgehead atoms. The maximum atomic E-state index is 11.4. The number of carbonyl (C=O) groups excluding carboxylic acids is 2. The number of esters is 2. The Bertz CT molecular complexity index is 363. The Labute approximate surface area is 118 Å². The van der Waals surface area contributed by atoms with Crippen LogP contribution in [-0.4, -0.2) is 73.9 Å². The molecule has 0 spiro atoms. The first-order valence-corrected chi connectivity index (χ1v) is 6.23. The van der Waals surface area contributed by atoms with Crippen molar-refractivity contribution in [2.45, 2.75) is 25.6 Å². The highest BCUT2D eigenvalue weighted by atomic mass is 16.6. The zero-order chi connectivity index (χ0) is 15.9. The van der Waals surface area contributed by atoms with Crippen LogP contribution in [-0.2, 0) is 23.9 Å². The first-order valence-electron chi connectivity index (χ1n) is 6.23. The summed E-state index contributed by atoms with van der Waals surface area (Å²) >= 11 is 0. The van der Waals surface area contributed by atoms with Crippen LogP contribution in [0.15, 0.2) is 0 Å². The van der Waals surface area contributed by atoms with E-state index in [9.17, 15) is 14.4 Å². The summed E-state index contributed by atoms with van der Waals surface area (Å²) in [4.78, 5) is 33.8. The average molecular weight is 291 g/mol.